The first kappa shape index (κ1) is 15.3. The number of aliphatic carboxylic acids is 1. The molecule has 0 aliphatic heterocycles. The lowest BCUT2D eigenvalue weighted by Crippen LogP contribution is -2.42. The van der Waals surface area contributed by atoms with Crippen LogP contribution in [0.15, 0.2) is 12.1 Å². The molecule has 0 fully saturated rings. The van der Waals surface area contributed by atoms with Gasteiger partial charge in [0.2, 0.25) is 5.91 Å². The zero-order valence-corrected chi connectivity index (χ0v) is 11.5. The molecule has 0 saturated carbocycles. The summed E-state index contributed by atoms with van der Waals surface area (Å²) in [5, 5.41) is 21.2. The Morgan fingerprint density at radius 1 is 1.42 bits per heavy atom. The van der Waals surface area contributed by atoms with Crippen LogP contribution in [0.5, 0.6) is 5.75 Å². The smallest absolute Gasteiger partial charge is 0.326 e. The van der Waals surface area contributed by atoms with Gasteiger partial charge in [0.15, 0.2) is 0 Å². The van der Waals surface area contributed by atoms with Crippen LogP contribution >= 0.6 is 11.6 Å². The molecule has 0 spiro atoms. The number of carbonyl (C=O) groups excluding carboxylic acids is 1. The first-order valence-electron chi connectivity index (χ1n) is 5.85. The fraction of sp³-hybridized carbons (Fsp3) is 0.385. The standard InChI is InChI=1S/C13H16ClNO4/c1-3-11(16)15-10(13(18)19)6-8-4-7(2)12(17)9(14)5-8/h4-5,10,17H,3,6H2,1-2H3,(H,15,16)(H,18,19). The largest absolute Gasteiger partial charge is 0.506 e. The number of rotatable bonds is 5. The van der Waals surface area contributed by atoms with Crippen molar-refractivity contribution in [3.63, 3.8) is 0 Å². The van der Waals surface area contributed by atoms with Gasteiger partial charge in [0.05, 0.1) is 5.02 Å². The molecule has 1 aromatic carbocycles. The van der Waals surface area contributed by atoms with E-state index in [0.29, 0.717) is 11.1 Å². The summed E-state index contributed by atoms with van der Waals surface area (Å²) >= 11 is 5.83. The molecule has 1 amide bonds. The molecular formula is C13H16ClNO4. The molecule has 0 saturated heterocycles. The maximum Gasteiger partial charge on any atom is 0.326 e. The lowest BCUT2D eigenvalue weighted by Gasteiger charge is -2.15. The highest BCUT2D eigenvalue weighted by atomic mass is 35.5. The van der Waals surface area contributed by atoms with Crippen LogP contribution in [0.2, 0.25) is 5.02 Å². The number of aromatic hydroxyl groups is 1. The quantitative estimate of drug-likeness (QED) is 0.771. The molecule has 0 bridgehead atoms. The van der Waals surface area contributed by atoms with Crippen molar-refractivity contribution in [2.75, 3.05) is 0 Å². The summed E-state index contributed by atoms with van der Waals surface area (Å²) in [4.78, 5) is 22.4. The van der Waals surface area contributed by atoms with Crippen molar-refractivity contribution < 1.29 is 19.8 Å². The fourth-order valence-corrected chi connectivity index (χ4v) is 1.95. The van der Waals surface area contributed by atoms with Gasteiger partial charge in [0, 0.05) is 12.8 Å². The topological polar surface area (TPSA) is 86.6 Å². The summed E-state index contributed by atoms with van der Waals surface area (Å²) in [5.41, 5.74) is 1.21. The van der Waals surface area contributed by atoms with Crippen molar-refractivity contribution in [1.29, 1.82) is 0 Å². The third kappa shape index (κ3) is 4.13. The van der Waals surface area contributed by atoms with Crippen LogP contribution in [-0.4, -0.2) is 28.1 Å². The van der Waals surface area contributed by atoms with E-state index in [2.05, 4.69) is 5.32 Å². The molecule has 5 nitrogen and oxygen atoms in total. The number of carboxylic acids is 1. The molecule has 104 valence electrons. The first-order valence-corrected chi connectivity index (χ1v) is 6.23. The van der Waals surface area contributed by atoms with Gasteiger partial charge in [-0.2, -0.15) is 0 Å². The van der Waals surface area contributed by atoms with E-state index in [9.17, 15) is 14.7 Å². The van der Waals surface area contributed by atoms with E-state index >= 15 is 0 Å². The van der Waals surface area contributed by atoms with E-state index in [1.54, 1.807) is 19.9 Å². The van der Waals surface area contributed by atoms with E-state index in [0.717, 1.165) is 0 Å². The first-order chi connectivity index (χ1) is 8.85. The minimum absolute atomic E-state index is 0.0186. The predicted molar refractivity (Wildman–Crippen MR) is 71.4 cm³/mol. The highest BCUT2D eigenvalue weighted by molar-refractivity contribution is 6.32. The van der Waals surface area contributed by atoms with Gasteiger partial charge in [-0.25, -0.2) is 4.79 Å². The number of hydrogen-bond acceptors (Lipinski definition) is 3. The SMILES string of the molecule is CCC(=O)NC(Cc1cc(C)c(O)c(Cl)c1)C(=O)O. The van der Waals surface area contributed by atoms with Crippen LogP contribution in [0.25, 0.3) is 0 Å². The predicted octanol–water partition coefficient (Wildman–Crippen LogP) is 1.88. The van der Waals surface area contributed by atoms with Crippen LogP contribution in [0, 0.1) is 6.92 Å². The van der Waals surface area contributed by atoms with Gasteiger partial charge in [-0.3, -0.25) is 4.79 Å². The van der Waals surface area contributed by atoms with Crippen molar-refractivity contribution in [2.24, 2.45) is 0 Å². The summed E-state index contributed by atoms with van der Waals surface area (Å²) in [6, 6.07) is 2.14. The van der Waals surface area contributed by atoms with Gasteiger partial charge >= 0.3 is 5.97 Å². The number of carboxylic acid groups (broad SMARTS) is 1. The molecule has 1 aromatic rings. The highest BCUT2D eigenvalue weighted by Gasteiger charge is 2.20. The van der Waals surface area contributed by atoms with Crippen LogP contribution in [0.4, 0.5) is 0 Å². The molecule has 1 atom stereocenters. The van der Waals surface area contributed by atoms with Crippen LogP contribution in [-0.2, 0) is 16.0 Å². The average molecular weight is 286 g/mol. The average Bonchev–Trinajstić information content (AvgIpc) is 2.34. The van der Waals surface area contributed by atoms with E-state index in [1.807, 2.05) is 0 Å². The van der Waals surface area contributed by atoms with Gasteiger partial charge in [0.1, 0.15) is 11.8 Å². The number of carbonyl (C=O) groups is 2. The maximum absolute atomic E-state index is 11.3. The Kier molecular flexibility index (Phi) is 5.18. The molecule has 1 rings (SSSR count). The summed E-state index contributed by atoms with van der Waals surface area (Å²) in [6.07, 6.45) is 0.334. The number of amides is 1. The number of hydrogen-bond donors (Lipinski definition) is 3. The van der Waals surface area contributed by atoms with Crippen molar-refractivity contribution in [3.05, 3.63) is 28.3 Å². The normalized spacial score (nSPS) is 11.9. The summed E-state index contributed by atoms with van der Waals surface area (Å²) < 4.78 is 0. The third-order valence-corrected chi connectivity index (χ3v) is 3.00. The Hall–Kier alpha value is -1.75. The van der Waals surface area contributed by atoms with Crippen LogP contribution < -0.4 is 5.32 Å². The van der Waals surface area contributed by atoms with Gasteiger partial charge in [-0.05, 0) is 24.1 Å². The Morgan fingerprint density at radius 2 is 2.05 bits per heavy atom. The third-order valence-electron chi connectivity index (χ3n) is 2.71. The van der Waals surface area contributed by atoms with Crippen molar-refractivity contribution in [1.82, 2.24) is 5.32 Å². The Morgan fingerprint density at radius 3 is 2.53 bits per heavy atom. The number of nitrogens with one attached hydrogen (secondary N) is 1. The van der Waals surface area contributed by atoms with E-state index in [4.69, 9.17) is 16.7 Å². The Labute approximate surface area is 116 Å². The second kappa shape index (κ2) is 6.43. The lowest BCUT2D eigenvalue weighted by molar-refractivity contribution is -0.141. The molecule has 0 radical (unpaired) electrons. The van der Waals surface area contributed by atoms with Gasteiger partial charge in [0.25, 0.3) is 0 Å². The Balaban J connectivity index is 2.91. The zero-order valence-electron chi connectivity index (χ0n) is 10.7. The molecule has 1 unspecified atom stereocenters. The number of aryl methyl sites for hydroxylation is 1. The zero-order chi connectivity index (χ0) is 14.6. The summed E-state index contributed by atoms with van der Waals surface area (Å²) in [5.74, 6) is -1.45. The van der Waals surface area contributed by atoms with Gasteiger partial charge in [-0.1, -0.05) is 24.6 Å². The van der Waals surface area contributed by atoms with Crippen LogP contribution in [0.1, 0.15) is 24.5 Å². The molecule has 6 heteroatoms. The molecule has 0 aliphatic carbocycles. The maximum atomic E-state index is 11.3. The van der Waals surface area contributed by atoms with E-state index in [-0.39, 0.29) is 29.5 Å². The molecule has 0 aliphatic rings. The molecular weight excluding hydrogens is 270 g/mol. The number of benzene rings is 1. The minimum atomic E-state index is -1.11. The molecule has 0 heterocycles. The number of phenols is 1. The number of halogens is 1. The number of phenolic OH excluding ortho intramolecular Hbond substituents is 1. The summed E-state index contributed by atoms with van der Waals surface area (Å²) in [7, 11) is 0. The van der Waals surface area contributed by atoms with Gasteiger partial charge in [-0.15, -0.1) is 0 Å². The minimum Gasteiger partial charge on any atom is -0.506 e. The summed E-state index contributed by atoms with van der Waals surface area (Å²) in [6.45, 7) is 3.32. The second-order valence-electron chi connectivity index (χ2n) is 4.26. The molecule has 19 heavy (non-hydrogen) atoms. The second-order valence-corrected chi connectivity index (χ2v) is 4.67. The highest BCUT2D eigenvalue weighted by Crippen LogP contribution is 2.28. The van der Waals surface area contributed by atoms with Gasteiger partial charge < -0.3 is 15.5 Å². The van der Waals surface area contributed by atoms with Crippen LogP contribution in [0.3, 0.4) is 0 Å². The fourth-order valence-electron chi connectivity index (χ4n) is 1.66. The monoisotopic (exact) mass is 285 g/mol. The van der Waals surface area contributed by atoms with E-state index in [1.165, 1.54) is 6.07 Å². The van der Waals surface area contributed by atoms with Crippen molar-refractivity contribution in [3.8, 4) is 5.75 Å². The van der Waals surface area contributed by atoms with Crippen molar-refractivity contribution in [2.45, 2.75) is 32.7 Å². The van der Waals surface area contributed by atoms with E-state index < -0.39 is 12.0 Å². The Bertz CT molecular complexity index is 478. The van der Waals surface area contributed by atoms with Crippen molar-refractivity contribution >= 4 is 23.5 Å². The lowest BCUT2D eigenvalue weighted by atomic mass is 10.0. The molecule has 0 aromatic heterocycles. The molecule has 3 N–H and O–H groups in total.